The van der Waals surface area contributed by atoms with Gasteiger partial charge in [0.2, 0.25) is 5.91 Å². The van der Waals surface area contributed by atoms with E-state index in [9.17, 15) is 4.79 Å². The van der Waals surface area contributed by atoms with Crippen LogP contribution in [-0.2, 0) is 4.79 Å². The van der Waals surface area contributed by atoms with Gasteiger partial charge in [0.15, 0.2) is 0 Å². The Hall–Kier alpha value is -1.71. The Morgan fingerprint density at radius 1 is 1.30 bits per heavy atom. The number of rotatable bonds is 4. The number of hydrogen-bond acceptors (Lipinski definition) is 3. The van der Waals surface area contributed by atoms with Crippen molar-refractivity contribution in [2.75, 3.05) is 12.4 Å². The molecule has 0 heterocycles. The molecule has 3 atom stereocenters. The molecule has 3 unspecified atom stereocenters. The summed E-state index contributed by atoms with van der Waals surface area (Å²) >= 11 is 0. The molecule has 0 spiro atoms. The average Bonchev–Trinajstić information content (AvgIpc) is 2.44. The van der Waals surface area contributed by atoms with E-state index in [1.54, 1.807) is 7.11 Å². The van der Waals surface area contributed by atoms with Gasteiger partial charge in [-0.15, -0.1) is 0 Å². The molecule has 4 heteroatoms. The van der Waals surface area contributed by atoms with Crippen molar-refractivity contribution in [3.05, 3.63) is 24.3 Å². The molecule has 2 rings (SSSR count). The van der Waals surface area contributed by atoms with Gasteiger partial charge in [0.25, 0.3) is 0 Å². The van der Waals surface area contributed by atoms with E-state index in [2.05, 4.69) is 19.2 Å². The van der Waals surface area contributed by atoms with Crippen molar-refractivity contribution in [3.8, 4) is 5.75 Å². The van der Waals surface area contributed by atoms with Crippen LogP contribution in [0.25, 0.3) is 0 Å². The van der Waals surface area contributed by atoms with Crippen molar-refractivity contribution in [1.82, 2.24) is 0 Å². The molecule has 1 aliphatic rings. The Bertz CT molecular complexity index is 472. The number of anilines is 1. The van der Waals surface area contributed by atoms with E-state index < -0.39 is 5.54 Å². The Labute approximate surface area is 120 Å². The average molecular weight is 276 g/mol. The first kappa shape index (κ1) is 14.7. The topological polar surface area (TPSA) is 64.3 Å². The minimum Gasteiger partial charge on any atom is -0.497 e. The van der Waals surface area contributed by atoms with Gasteiger partial charge in [-0.05, 0) is 55.4 Å². The third-order valence-corrected chi connectivity index (χ3v) is 4.61. The van der Waals surface area contributed by atoms with Crippen molar-refractivity contribution >= 4 is 11.6 Å². The predicted molar refractivity (Wildman–Crippen MR) is 80.7 cm³/mol. The first-order valence-electron chi connectivity index (χ1n) is 7.19. The molecule has 1 amide bonds. The second-order valence-electron chi connectivity index (χ2n) is 6.00. The SMILES string of the molecule is COc1ccc(NC2(C(N)=O)CCC(C)C(C)C2)cc1. The molecule has 0 aliphatic heterocycles. The molecule has 20 heavy (non-hydrogen) atoms. The first-order chi connectivity index (χ1) is 9.47. The van der Waals surface area contributed by atoms with Crippen LogP contribution in [0.1, 0.15) is 33.1 Å². The van der Waals surface area contributed by atoms with Crippen LogP contribution in [-0.4, -0.2) is 18.6 Å². The Kier molecular flexibility index (Phi) is 4.21. The minimum absolute atomic E-state index is 0.257. The quantitative estimate of drug-likeness (QED) is 0.888. The third kappa shape index (κ3) is 2.89. The molecule has 1 aliphatic carbocycles. The van der Waals surface area contributed by atoms with Crippen LogP contribution in [0.3, 0.4) is 0 Å². The first-order valence-corrected chi connectivity index (χ1v) is 7.19. The highest BCUT2D eigenvalue weighted by Crippen LogP contribution is 2.38. The fourth-order valence-corrected chi connectivity index (χ4v) is 2.96. The summed E-state index contributed by atoms with van der Waals surface area (Å²) in [4.78, 5) is 12.0. The van der Waals surface area contributed by atoms with Crippen LogP contribution >= 0.6 is 0 Å². The maximum Gasteiger partial charge on any atom is 0.243 e. The minimum atomic E-state index is -0.624. The summed E-state index contributed by atoms with van der Waals surface area (Å²) in [6.45, 7) is 4.43. The third-order valence-electron chi connectivity index (χ3n) is 4.61. The number of amides is 1. The van der Waals surface area contributed by atoms with Gasteiger partial charge in [0, 0.05) is 5.69 Å². The van der Waals surface area contributed by atoms with E-state index >= 15 is 0 Å². The maximum atomic E-state index is 12.0. The lowest BCUT2D eigenvalue weighted by Crippen LogP contribution is -2.54. The Morgan fingerprint density at radius 2 is 1.95 bits per heavy atom. The summed E-state index contributed by atoms with van der Waals surface area (Å²) in [5.41, 5.74) is 5.97. The van der Waals surface area contributed by atoms with E-state index in [4.69, 9.17) is 10.5 Å². The van der Waals surface area contributed by atoms with Gasteiger partial charge < -0.3 is 15.8 Å². The summed E-state index contributed by atoms with van der Waals surface area (Å²) < 4.78 is 5.14. The number of primary amides is 1. The van der Waals surface area contributed by atoms with Gasteiger partial charge in [0.1, 0.15) is 11.3 Å². The van der Waals surface area contributed by atoms with Crippen molar-refractivity contribution in [2.24, 2.45) is 17.6 Å². The van der Waals surface area contributed by atoms with Crippen LogP contribution in [0.15, 0.2) is 24.3 Å². The van der Waals surface area contributed by atoms with E-state index in [1.807, 2.05) is 24.3 Å². The molecule has 0 bridgehead atoms. The van der Waals surface area contributed by atoms with Gasteiger partial charge in [0.05, 0.1) is 7.11 Å². The molecule has 0 saturated heterocycles. The van der Waals surface area contributed by atoms with Crippen LogP contribution in [0, 0.1) is 11.8 Å². The van der Waals surface area contributed by atoms with Gasteiger partial charge in [-0.25, -0.2) is 0 Å². The maximum absolute atomic E-state index is 12.0. The Balaban J connectivity index is 2.18. The lowest BCUT2D eigenvalue weighted by atomic mass is 9.70. The normalized spacial score (nSPS) is 29.8. The smallest absolute Gasteiger partial charge is 0.243 e. The van der Waals surface area contributed by atoms with E-state index in [1.165, 1.54) is 0 Å². The van der Waals surface area contributed by atoms with E-state index in [0.717, 1.165) is 30.7 Å². The molecule has 4 nitrogen and oxygen atoms in total. The van der Waals surface area contributed by atoms with Crippen molar-refractivity contribution < 1.29 is 9.53 Å². The summed E-state index contributed by atoms with van der Waals surface area (Å²) in [6.07, 6.45) is 2.60. The molecule has 1 saturated carbocycles. The molecule has 1 aromatic carbocycles. The highest BCUT2D eigenvalue weighted by Gasteiger charge is 2.42. The zero-order valence-electron chi connectivity index (χ0n) is 12.5. The fourth-order valence-electron chi connectivity index (χ4n) is 2.96. The zero-order valence-corrected chi connectivity index (χ0v) is 12.5. The second-order valence-corrected chi connectivity index (χ2v) is 6.00. The van der Waals surface area contributed by atoms with Crippen LogP contribution in [0.5, 0.6) is 5.75 Å². The number of ether oxygens (including phenoxy) is 1. The van der Waals surface area contributed by atoms with Gasteiger partial charge in [-0.2, -0.15) is 0 Å². The monoisotopic (exact) mass is 276 g/mol. The van der Waals surface area contributed by atoms with Gasteiger partial charge in [-0.3, -0.25) is 4.79 Å². The molecule has 1 fully saturated rings. The number of nitrogens with two attached hydrogens (primary N) is 1. The van der Waals surface area contributed by atoms with Crippen LogP contribution < -0.4 is 15.8 Å². The molecule has 0 aromatic heterocycles. The molecule has 3 N–H and O–H groups in total. The molecule has 110 valence electrons. The predicted octanol–water partition coefficient (Wildman–Crippen LogP) is 2.79. The number of carbonyl (C=O) groups excluding carboxylic acids is 1. The highest BCUT2D eigenvalue weighted by molar-refractivity contribution is 5.88. The highest BCUT2D eigenvalue weighted by atomic mass is 16.5. The lowest BCUT2D eigenvalue weighted by molar-refractivity contribution is -0.124. The van der Waals surface area contributed by atoms with Crippen LogP contribution in [0.2, 0.25) is 0 Å². The summed E-state index contributed by atoms with van der Waals surface area (Å²) in [5.74, 6) is 1.67. The second kappa shape index (κ2) is 5.73. The largest absolute Gasteiger partial charge is 0.497 e. The van der Waals surface area contributed by atoms with Gasteiger partial charge in [-0.1, -0.05) is 13.8 Å². The zero-order chi connectivity index (χ0) is 14.8. The number of methoxy groups -OCH3 is 1. The van der Waals surface area contributed by atoms with E-state index in [-0.39, 0.29) is 5.91 Å². The van der Waals surface area contributed by atoms with Crippen LogP contribution in [0.4, 0.5) is 5.69 Å². The molecular formula is C16H24N2O2. The summed E-state index contributed by atoms with van der Waals surface area (Å²) in [7, 11) is 1.64. The number of benzene rings is 1. The number of hydrogen-bond donors (Lipinski definition) is 2. The summed E-state index contributed by atoms with van der Waals surface area (Å²) in [5, 5.41) is 3.37. The molecule has 0 radical (unpaired) electrons. The van der Waals surface area contributed by atoms with Crippen molar-refractivity contribution in [3.63, 3.8) is 0 Å². The molecule has 1 aromatic rings. The standard InChI is InChI=1S/C16H24N2O2/c1-11-8-9-16(15(17)19,10-12(11)2)18-13-4-6-14(20-3)7-5-13/h4-7,11-12,18H,8-10H2,1-3H3,(H2,17,19). The Morgan fingerprint density at radius 3 is 2.45 bits per heavy atom. The fraction of sp³-hybridized carbons (Fsp3) is 0.562. The number of nitrogens with one attached hydrogen (secondary N) is 1. The van der Waals surface area contributed by atoms with Gasteiger partial charge >= 0.3 is 0 Å². The van der Waals surface area contributed by atoms with E-state index in [0.29, 0.717) is 11.8 Å². The summed E-state index contributed by atoms with van der Waals surface area (Å²) in [6, 6.07) is 7.61. The molecular weight excluding hydrogens is 252 g/mol. The van der Waals surface area contributed by atoms with Crippen molar-refractivity contribution in [1.29, 1.82) is 0 Å². The lowest BCUT2D eigenvalue weighted by Gasteiger charge is -2.41. The number of carbonyl (C=O) groups is 1. The van der Waals surface area contributed by atoms with Crippen molar-refractivity contribution in [2.45, 2.75) is 38.6 Å².